The minimum atomic E-state index is -1.04. The maximum absolute atomic E-state index is 10.7. The maximum atomic E-state index is 10.7. The van der Waals surface area contributed by atoms with Crippen molar-refractivity contribution in [2.45, 2.75) is 17.7 Å². The molecule has 80 valence electrons. The first-order valence-corrected chi connectivity index (χ1v) is 4.59. The fraction of sp³-hybridized carbons (Fsp3) is 0.222. The molecule has 0 aliphatic heterocycles. The van der Waals surface area contributed by atoms with Crippen LogP contribution in [0.25, 0.3) is 0 Å². The standard InChI is InChI=1S/C9H9NO4S/c1-5(9(11)12)6-3-2-4-7(8(6)15)10(13)14/h2-5,15H,1H3,(H,11,12). The molecule has 0 saturated carbocycles. The molecule has 0 heterocycles. The van der Waals surface area contributed by atoms with Gasteiger partial charge in [-0.1, -0.05) is 12.1 Å². The van der Waals surface area contributed by atoms with E-state index in [1.165, 1.54) is 25.1 Å². The third kappa shape index (κ3) is 2.27. The number of hydrogen-bond acceptors (Lipinski definition) is 4. The first-order valence-electron chi connectivity index (χ1n) is 4.14. The molecule has 0 amide bonds. The lowest BCUT2D eigenvalue weighted by Crippen LogP contribution is -2.08. The number of benzene rings is 1. The smallest absolute Gasteiger partial charge is 0.310 e. The number of carboxylic acids is 1. The van der Waals surface area contributed by atoms with Crippen molar-refractivity contribution >= 4 is 24.3 Å². The summed E-state index contributed by atoms with van der Waals surface area (Å²) in [6.45, 7) is 1.46. The van der Waals surface area contributed by atoms with Gasteiger partial charge in [0.1, 0.15) is 0 Å². The monoisotopic (exact) mass is 227 g/mol. The molecule has 0 bridgehead atoms. The van der Waals surface area contributed by atoms with Crippen LogP contribution in [0.1, 0.15) is 18.4 Å². The van der Waals surface area contributed by atoms with E-state index in [0.29, 0.717) is 5.56 Å². The second-order valence-electron chi connectivity index (χ2n) is 3.03. The zero-order valence-corrected chi connectivity index (χ0v) is 8.77. The Bertz CT molecular complexity index is 419. The molecule has 0 aliphatic carbocycles. The Kier molecular flexibility index (Phi) is 3.31. The van der Waals surface area contributed by atoms with Crippen LogP contribution in [0.2, 0.25) is 0 Å². The summed E-state index contributed by atoms with van der Waals surface area (Å²) in [7, 11) is 0. The quantitative estimate of drug-likeness (QED) is 0.470. The third-order valence-electron chi connectivity index (χ3n) is 2.08. The highest BCUT2D eigenvalue weighted by Crippen LogP contribution is 2.30. The van der Waals surface area contributed by atoms with Crippen LogP contribution in [-0.4, -0.2) is 16.0 Å². The second kappa shape index (κ2) is 4.31. The summed E-state index contributed by atoms with van der Waals surface area (Å²) >= 11 is 3.98. The van der Waals surface area contributed by atoms with Gasteiger partial charge in [-0.2, -0.15) is 0 Å². The molecule has 1 atom stereocenters. The lowest BCUT2D eigenvalue weighted by molar-refractivity contribution is -0.387. The largest absolute Gasteiger partial charge is 0.481 e. The number of carboxylic acid groups (broad SMARTS) is 1. The van der Waals surface area contributed by atoms with E-state index in [1.54, 1.807) is 0 Å². The van der Waals surface area contributed by atoms with E-state index in [1.807, 2.05) is 0 Å². The lowest BCUT2D eigenvalue weighted by atomic mass is 10.0. The van der Waals surface area contributed by atoms with E-state index in [0.717, 1.165) is 0 Å². The molecule has 1 N–H and O–H groups in total. The molecule has 0 saturated heterocycles. The van der Waals surface area contributed by atoms with Crippen LogP contribution >= 0.6 is 12.6 Å². The van der Waals surface area contributed by atoms with E-state index in [-0.39, 0.29) is 10.6 Å². The van der Waals surface area contributed by atoms with Gasteiger partial charge in [0.2, 0.25) is 0 Å². The summed E-state index contributed by atoms with van der Waals surface area (Å²) in [5.74, 6) is -1.84. The maximum Gasteiger partial charge on any atom is 0.310 e. The van der Waals surface area contributed by atoms with Gasteiger partial charge in [0.05, 0.1) is 15.7 Å². The third-order valence-corrected chi connectivity index (χ3v) is 2.57. The number of thiol groups is 1. The number of rotatable bonds is 3. The number of hydrogen-bond donors (Lipinski definition) is 2. The minimum Gasteiger partial charge on any atom is -0.481 e. The molecule has 15 heavy (non-hydrogen) atoms. The van der Waals surface area contributed by atoms with Crippen LogP contribution in [0, 0.1) is 10.1 Å². The van der Waals surface area contributed by atoms with Crippen molar-refractivity contribution in [3.63, 3.8) is 0 Å². The summed E-state index contributed by atoms with van der Waals surface area (Å²) in [5, 5.41) is 19.4. The van der Waals surface area contributed by atoms with Crippen molar-refractivity contribution in [3.8, 4) is 0 Å². The molecule has 0 fully saturated rings. The number of nitrogens with zero attached hydrogens (tertiary/aromatic N) is 1. The van der Waals surface area contributed by atoms with Gasteiger partial charge in [-0.3, -0.25) is 14.9 Å². The van der Waals surface area contributed by atoms with Crippen LogP contribution in [0.4, 0.5) is 5.69 Å². The molecule has 6 heteroatoms. The van der Waals surface area contributed by atoms with Gasteiger partial charge in [-0.05, 0) is 12.5 Å². The SMILES string of the molecule is CC(C(=O)O)c1cccc([N+](=O)[O-])c1S. The van der Waals surface area contributed by atoms with Gasteiger partial charge < -0.3 is 5.11 Å². The fourth-order valence-corrected chi connectivity index (χ4v) is 1.60. The van der Waals surface area contributed by atoms with Crippen LogP contribution in [-0.2, 0) is 4.79 Å². The minimum absolute atomic E-state index is 0.109. The molecule has 5 nitrogen and oxygen atoms in total. The van der Waals surface area contributed by atoms with Crippen molar-refractivity contribution in [2.24, 2.45) is 0 Å². The molecule has 0 radical (unpaired) electrons. The van der Waals surface area contributed by atoms with Crippen molar-refractivity contribution in [3.05, 3.63) is 33.9 Å². The van der Waals surface area contributed by atoms with Crippen LogP contribution in [0.5, 0.6) is 0 Å². The molecule has 0 spiro atoms. The van der Waals surface area contributed by atoms with E-state index < -0.39 is 16.8 Å². The Hall–Kier alpha value is -1.56. The van der Waals surface area contributed by atoms with Gasteiger partial charge in [-0.25, -0.2) is 0 Å². The zero-order chi connectivity index (χ0) is 11.6. The zero-order valence-electron chi connectivity index (χ0n) is 7.88. The summed E-state index contributed by atoms with van der Waals surface area (Å²) in [4.78, 5) is 20.8. The van der Waals surface area contributed by atoms with Crippen molar-refractivity contribution in [1.82, 2.24) is 0 Å². The molecule has 1 unspecified atom stereocenters. The highest BCUT2D eigenvalue weighted by Gasteiger charge is 2.21. The predicted molar refractivity (Wildman–Crippen MR) is 56.4 cm³/mol. The number of carbonyl (C=O) groups is 1. The average Bonchev–Trinajstić information content (AvgIpc) is 2.16. The average molecular weight is 227 g/mol. The van der Waals surface area contributed by atoms with Gasteiger partial charge in [0.25, 0.3) is 5.69 Å². The first-order chi connectivity index (χ1) is 6.95. The second-order valence-corrected chi connectivity index (χ2v) is 3.48. The first kappa shape index (κ1) is 11.5. The molecule has 1 aromatic carbocycles. The van der Waals surface area contributed by atoms with Gasteiger partial charge in [0, 0.05) is 6.07 Å². The number of nitro groups is 1. The Labute approximate surface area is 91.3 Å². The van der Waals surface area contributed by atoms with Gasteiger partial charge in [0.15, 0.2) is 0 Å². The highest BCUT2D eigenvalue weighted by molar-refractivity contribution is 7.80. The number of aliphatic carboxylic acids is 1. The normalized spacial score (nSPS) is 12.1. The summed E-state index contributed by atoms with van der Waals surface area (Å²) < 4.78 is 0. The summed E-state index contributed by atoms with van der Waals surface area (Å²) in [6.07, 6.45) is 0. The van der Waals surface area contributed by atoms with Crippen LogP contribution in [0.15, 0.2) is 23.1 Å². The number of nitro benzene ring substituents is 1. The molecule has 1 aromatic rings. The summed E-state index contributed by atoms with van der Waals surface area (Å²) in [5.41, 5.74) is 0.170. The van der Waals surface area contributed by atoms with E-state index >= 15 is 0 Å². The van der Waals surface area contributed by atoms with Crippen molar-refractivity contribution < 1.29 is 14.8 Å². The fourth-order valence-electron chi connectivity index (χ4n) is 1.18. The van der Waals surface area contributed by atoms with E-state index in [4.69, 9.17) is 5.11 Å². The topological polar surface area (TPSA) is 80.4 Å². The summed E-state index contributed by atoms with van der Waals surface area (Å²) in [6, 6.07) is 4.27. The van der Waals surface area contributed by atoms with Crippen LogP contribution in [0.3, 0.4) is 0 Å². The van der Waals surface area contributed by atoms with E-state index in [2.05, 4.69) is 12.6 Å². The molecule has 1 rings (SSSR count). The highest BCUT2D eigenvalue weighted by atomic mass is 32.1. The predicted octanol–water partition coefficient (Wildman–Crippen LogP) is 2.07. The molecule has 0 aromatic heterocycles. The van der Waals surface area contributed by atoms with Crippen LogP contribution < -0.4 is 0 Å². The Morgan fingerprint density at radius 2 is 2.20 bits per heavy atom. The Morgan fingerprint density at radius 3 is 2.67 bits per heavy atom. The molecule has 0 aliphatic rings. The molecular weight excluding hydrogens is 218 g/mol. The van der Waals surface area contributed by atoms with Crippen molar-refractivity contribution in [2.75, 3.05) is 0 Å². The Morgan fingerprint density at radius 1 is 1.60 bits per heavy atom. The lowest BCUT2D eigenvalue weighted by Gasteiger charge is -2.09. The van der Waals surface area contributed by atoms with Gasteiger partial charge >= 0.3 is 5.97 Å². The van der Waals surface area contributed by atoms with E-state index in [9.17, 15) is 14.9 Å². The van der Waals surface area contributed by atoms with Crippen molar-refractivity contribution in [1.29, 1.82) is 0 Å². The molecular formula is C9H9NO4S. The Balaban J connectivity index is 3.26. The van der Waals surface area contributed by atoms with Gasteiger partial charge in [-0.15, -0.1) is 12.6 Å².